The van der Waals surface area contributed by atoms with Gasteiger partial charge in [0, 0.05) is 4.47 Å². The zero-order valence-corrected chi connectivity index (χ0v) is 11.5. The lowest BCUT2D eigenvalue weighted by atomic mass is 10.3. The van der Waals surface area contributed by atoms with E-state index < -0.39 is 11.8 Å². The van der Waals surface area contributed by atoms with Gasteiger partial charge in [-0.25, -0.2) is 9.18 Å². The summed E-state index contributed by atoms with van der Waals surface area (Å²) in [5, 5.41) is 18.9. The largest absolute Gasteiger partial charge is 0.476 e. The third-order valence-electron chi connectivity index (χ3n) is 2.14. The summed E-state index contributed by atoms with van der Waals surface area (Å²) in [7, 11) is 0. The summed E-state index contributed by atoms with van der Waals surface area (Å²) < 4.78 is 13.5. The monoisotopic (exact) mass is 345 g/mol. The van der Waals surface area contributed by atoms with Crippen LogP contribution in [-0.2, 0) is 0 Å². The average molecular weight is 347 g/mol. The first-order valence-corrected chi connectivity index (χ1v) is 6.13. The fraction of sp³-hybridized carbons (Fsp3) is 0. The number of hydrogen-bond donors (Lipinski definition) is 2. The van der Waals surface area contributed by atoms with Gasteiger partial charge in [0.2, 0.25) is 0 Å². The standard InChI is InChI=1S/C11H6BrClFN3O2/c12-6-3-5(14)4-7(13)10(6)15-9-2-1-8(11(18)19)16-17-9/h1-4H,(H,15,17)(H,18,19). The molecule has 2 rings (SSSR count). The van der Waals surface area contributed by atoms with Crippen LogP contribution in [0.25, 0.3) is 0 Å². The molecule has 0 atom stereocenters. The maximum Gasteiger partial charge on any atom is 0.356 e. The van der Waals surface area contributed by atoms with Gasteiger partial charge >= 0.3 is 5.97 Å². The first-order valence-electron chi connectivity index (χ1n) is 4.96. The summed E-state index contributed by atoms with van der Waals surface area (Å²) >= 11 is 9.06. The Bertz CT molecular complexity index is 613. The number of nitrogens with zero attached hydrogens (tertiary/aromatic N) is 2. The number of rotatable bonds is 3. The molecule has 98 valence electrons. The van der Waals surface area contributed by atoms with Gasteiger partial charge in [-0.15, -0.1) is 10.2 Å². The van der Waals surface area contributed by atoms with Gasteiger partial charge in [0.05, 0.1) is 10.7 Å². The van der Waals surface area contributed by atoms with Gasteiger partial charge in [-0.05, 0) is 40.2 Å². The second-order valence-corrected chi connectivity index (χ2v) is 4.74. The summed E-state index contributed by atoms with van der Waals surface area (Å²) in [5.74, 6) is -1.35. The Morgan fingerprint density at radius 3 is 2.63 bits per heavy atom. The highest BCUT2D eigenvalue weighted by molar-refractivity contribution is 9.10. The molecule has 2 N–H and O–H groups in total. The van der Waals surface area contributed by atoms with Crippen LogP contribution in [0.4, 0.5) is 15.9 Å². The summed E-state index contributed by atoms with van der Waals surface area (Å²) in [6.45, 7) is 0. The molecule has 0 aliphatic carbocycles. The smallest absolute Gasteiger partial charge is 0.356 e. The molecule has 1 aromatic carbocycles. The van der Waals surface area contributed by atoms with E-state index in [9.17, 15) is 9.18 Å². The van der Waals surface area contributed by atoms with Crippen LogP contribution in [0.3, 0.4) is 0 Å². The lowest BCUT2D eigenvalue weighted by Crippen LogP contribution is -2.04. The maximum atomic E-state index is 13.1. The van der Waals surface area contributed by atoms with E-state index in [0.29, 0.717) is 16.0 Å². The van der Waals surface area contributed by atoms with Gasteiger partial charge in [-0.1, -0.05) is 11.6 Å². The van der Waals surface area contributed by atoms with Gasteiger partial charge in [-0.3, -0.25) is 0 Å². The molecule has 1 heterocycles. The molecule has 0 saturated heterocycles. The highest BCUT2D eigenvalue weighted by atomic mass is 79.9. The summed E-state index contributed by atoms with van der Waals surface area (Å²) in [4.78, 5) is 10.6. The van der Waals surface area contributed by atoms with Gasteiger partial charge < -0.3 is 10.4 Å². The highest BCUT2D eigenvalue weighted by Gasteiger charge is 2.10. The maximum absolute atomic E-state index is 13.1. The number of benzene rings is 1. The van der Waals surface area contributed by atoms with Crippen molar-refractivity contribution in [3.8, 4) is 0 Å². The highest BCUT2D eigenvalue weighted by Crippen LogP contribution is 2.33. The van der Waals surface area contributed by atoms with Crippen molar-refractivity contribution in [2.24, 2.45) is 0 Å². The second-order valence-electron chi connectivity index (χ2n) is 3.48. The van der Waals surface area contributed by atoms with Crippen molar-refractivity contribution in [3.63, 3.8) is 0 Å². The van der Waals surface area contributed by atoms with E-state index in [1.807, 2.05) is 0 Å². The van der Waals surface area contributed by atoms with Crippen molar-refractivity contribution in [1.29, 1.82) is 0 Å². The van der Waals surface area contributed by atoms with Gasteiger partial charge in [0.25, 0.3) is 0 Å². The Morgan fingerprint density at radius 2 is 2.11 bits per heavy atom. The first kappa shape index (κ1) is 13.7. The molecule has 2 aromatic rings. The van der Waals surface area contributed by atoms with Gasteiger partial charge in [0.15, 0.2) is 11.5 Å². The van der Waals surface area contributed by atoms with E-state index in [4.69, 9.17) is 16.7 Å². The van der Waals surface area contributed by atoms with Crippen LogP contribution in [0.1, 0.15) is 10.5 Å². The molecular weight excluding hydrogens is 340 g/mol. The number of anilines is 2. The molecule has 8 heteroatoms. The Hall–Kier alpha value is -1.73. The van der Waals surface area contributed by atoms with Crippen LogP contribution in [0.2, 0.25) is 5.02 Å². The SMILES string of the molecule is O=C(O)c1ccc(Nc2c(Cl)cc(F)cc2Br)nn1. The van der Waals surface area contributed by atoms with E-state index in [1.165, 1.54) is 18.2 Å². The number of carboxylic acids is 1. The van der Waals surface area contributed by atoms with E-state index in [0.717, 1.165) is 6.07 Å². The predicted octanol–water partition coefficient (Wildman–Crippen LogP) is 3.47. The minimum absolute atomic E-state index is 0.163. The first-order chi connectivity index (χ1) is 8.97. The third-order valence-corrected chi connectivity index (χ3v) is 3.07. The second kappa shape index (κ2) is 5.50. The van der Waals surface area contributed by atoms with Crippen molar-refractivity contribution in [1.82, 2.24) is 10.2 Å². The van der Waals surface area contributed by atoms with Crippen molar-refractivity contribution < 1.29 is 14.3 Å². The number of hydrogen-bond acceptors (Lipinski definition) is 4. The van der Waals surface area contributed by atoms with Crippen molar-refractivity contribution in [2.75, 3.05) is 5.32 Å². The molecule has 5 nitrogen and oxygen atoms in total. The quantitative estimate of drug-likeness (QED) is 0.890. The predicted molar refractivity (Wildman–Crippen MR) is 71.4 cm³/mol. The number of aromatic nitrogens is 2. The molecule has 0 fully saturated rings. The minimum Gasteiger partial charge on any atom is -0.476 e. The third kappa shape index (κ3) is 3.18. The van der Waals surface area contributed by atoms with Crippen LogP contribution in [0.5, 0.6) is 0 Å². The van der Waals surface area contributed by atoms with Crippen molar-refractivity contribution >= 4 is 45.0 Å². The molecule has 0 saturated carbocycles. The summed E-state index contributed by atoms with van der Waals surface area (Å²) in [6, 6.07) is 5.12. The molecule has 0 aliphatic rings. The van der Waals surface area contributed by atoms with Crippen molar-refractivity contribution in [2.45, 2.75) is 0 Å². The van der Waals surface area contributed by atoms with Crippen LogP contribution < -0.4 is 5.32 Å². The summed E-state index contributed by atoms with van der Waals surface area (Å²) in [5.41, 5.74) is 0.246. The van der Waals surface area contributed by atoms with Crippen molar-refractivity contribution in [3.05, 3.63) is 45.3 Å². The molecule has 0 spiro atoms. The van der Waals surface area contributed by atoms with E-state index in [2.05, 4.69) is 31.4 Å². The zero-order valence-electron chi connectivity index (χ0n) is 9.19. The van der Waals surface area contributed by atoms with Crippen LogP contribution in [0, 0.1) is 5.82 Å². The lowest BCUT2D eigenvalue weighted by molar-refractivity contribution is 0.0689. The number of carbonyl (C=O) groups is 1. The van der Waals surface area contributed by atoms with E-state index >= 15 is 0 Å². The van der Waals surface area contributed by atoms with Crippen LogP contribution >= 0.6 is 27.5 Å². The van der Waals surface area contributed by atoms with Gasteiger partial charge in [0.1, 0.15) is 5.82 Å². The fourth-order valence-corrected chi connectivity index (χ4v) is 2.20. The summed E-state index contributed by atoms with van der Waals surface area (Å²) in [6.07, 6.45) is 0. The number of nitrogens with one attached hydrogen (secondary N) is 1. The van der Waals surface area contributed by atoms with Crippen LogP contribution in [0.15, 0.2) is 28.7 Å². The molecule has 0 amide bonds. The van der Waals surface area contributed by atoms with E-state index in [1.54, 1.807) is 0 Å². The molecular formula is C11H6BrClFN3O2. The average Bonchev–Trinajstić information content (AvgIpc) is 2.34. The normalized spacial score (nSPS) is 10.3. The molecule has 1 aromatic heterocycles. The number of halogens is 3. The van der Waals surface area contributed by atoms with Gasteiger partial charge in [-0.2, -0.15) is 0 Å². The molecule has 0 aliphatic heterocycles. The minimum atomic E-state index is -1.17. The Morgan fingerprint density at radius 1 is 1.37 bits per heavy atom. The molecule has 19 heavy (non-hydrogen) atoms. The fourth-order valence-electron chi connectivity index (χ4n) is 1.30. The number of aromatic carboxylic acids is 1. The molecule has 0 bridgehead atoms. The van der Waals surface area contributed by atoms with E-state index in [-0.39, 0.29) is 10.7 Å². The zero-order chi connectivity index (χ0) is 14.0. The molecule has 0 radical (unpaired) electrons. The lowest BCUT2D eigenvalue weighted by Gasteiger charge is -2.09. The molecule has 0 unspecified atom stereocenters. The Labute approximate surface area is 120 Å². The Kier molecular flexibility index (Phi) is 3.96. The van der Waals surface area contributed by atoms with Crippen LogP contribution in [-0.4, -0.2) is 21.3 Å². The Balaban J connectivity index is 2.29. The number of carboxylic acid groups (broad SMARTS) is 1. The topological polar surface area (TPSA) is 75.1 Å².